The molecule has 1 aliphatic heterocycles. The van der Waals surface area contributed by atoms with Crippen molar-refractivity contribution in [2.24, 2.45) is 5.41 Å². The summed E-state index contributed by atoms with van der Waals surface area (Å²) in [5, 5.41) is 0. The highest BCUT2D eigenvalue weighted by atomic mass is 16.2. The Labute approximate surface area is 87.1 Å². The summed E-state index contributed by atoms with van der Waals surface area (Å²) in [6.07, 6.45) is 0.952. The van der Waals surface area contributed by atoms with Gasteiger partial charge in [0.15, 0.2) is 0 Å². The summed E-state index contributed by atoms with van der Waals surface area (Å²) in [7, 11) is 3.69. The number of hydrogen-bond acceptors (Lipinski definition) is 2. The molecule has 0 aliphatic carbocycles. The highest BCUT2D eigenvalue weighted by Crippen LogP contribution is 2.36. The second kappa shape index (κ2) is 3.89. The van der Waals surface area contributed by atoms with Crippen LogP contribution in [0.3, 0.4) is 0 Å². The Bertz CT molecular complexity index is 217. The van der Waals surface area contributed by atoms with Gasteiger partial charge in [-0.25, -0.2) is 0 Å². The number of amides is 1. The van der Waals surface area contributed by atoms with Crippen molar-refractivity contribution in [1.82, 2.24) is 9.80 Å². The van der Waals surface area contributed by atoms with Gasteiger partial charge in [-0.3, -0.25) is 9.69 Å². The molecule has 0 aromatic heterocycles. The molecule has 0 unspecified atom stereocenters. The Morgan fingerprint density at radius 3 is 2.21 bits per heavy atom. The molecule has 0 bridgehead atoms. The van der Waals surface area contributed by atoms with E-state index in [9.17, 15) is 4.79 Å². The third-order valence-electron chi connectivity index (χ3n) is 3.28. The van der Waals surface area contributed by atoms with Gasteiger partial charge in [0.2, 0.25) is 5.91 Å². The number of carbonyl (C=O) groups excluding carboxylic acids is 1. The molecule has 1 amide bonds. The van der Waals surface area contributed by atoms with E-state index in [1.807, 2.05) is 14.1 Å². The molecule has 3 heteroatoms. The zero-order valence-electron chi connectivity index (χ0n) is 10.0. The number of rotatable bonds is 3. The van der Waals surface area contributed by atoms with E-state index in [-0.39, 0.29) is 11.3 Å². The van der Waals surface area contributed by atoms with Gasteiger partial charge < -0.3 is 4.90 Å². The van der Waals surface area contributed by atoms with E-state index in [2.05, 4.69) is 25.7 Å². The molecule has 14 heavy (non-hydrogen) atoms. The first-order chi connectivity index (χ1) is 6.43. The van der Waals surface area contributed by atoms with Crippen molar-refractivity contribution in [3.05, 3.63) is 0 Å². The van der Waals surface area contributed by atoms with Crippen LogP contribution in [0, 0.1) is 5.41 Å². The Morgan fingerprint density at radius 2 is 1.93 bits per heavy atom. The zero-order valence-corrected chi connectivity index (χ0v) is 10.0. The third-order valence-corrected chi connectivity index (χ3v) is 3.28. The molecule has 1 rings (SSSR count). The summed E-state index contributed by atoms with van der Waals surface area (Å²) < 4.78 is 0. The second-order valence-electron chi connectivity index (χ2n) is 4.83. The van der Waals surface area contributed by atoms with Gasteiger partial charge in [-0.2, -0.15) is 0 Å². The standard InChI is InChI=1S/C11H22N2O/c1-6-11(10(14)12(4)5)7-13(8-11)9(2)3/h9H,6-8H2,1-5H3. The molecule has 1 saturated heterocycles. The minimum atomic E-state index is -0.0895. The molecular weight excluding hydrogens is 176 g/mol. The van der Waals surface area contributed by atoms with Crippen LogP contribution < -0.4 is 0 Å². The quantitative estimate of drug-likeness (QED) is 0.680. The number of nitrogens with zero attached hydrogens (tertiary/aromatic N) is 2. The first-order valence-electron chi connectivity index (χ1n) is 5.39. The molecular formula is C11H22N2O. The maximum Gasteiger partial charge on any atom is 0.230 e. The molecule has 0 atom stereocenters. The topological polar surface area (TPSA) is 23.6 Å². The SMILES string of the molecule is CCC1(C(=O)N(C)C)CN(C(C)C)C1. The van der Waals surface area contributed by atoms with E-state index >= 15 is 0 Å². The van der Waals surface area contributed by atoms with Crippen LogP contribution >= 0.6 is 0 Å². The van der Waals surface area contributed by atoms with Crippen molar-refractivity contribution in [2.75, 3.05) is 27.2 Å². The molecule has 0 spiro atoms. The minimum Gasteiger partial charge on any atom is -0.348 e. The van der Waals surface area contributed by atoms with Gasteiger partial charge in [0.25, 0.3) is 0 Å². The molecule has 1 aliphatic rings. The molecule has 1 fully saturated rings. The lowest BCUT2D eigenvalue weighted by molar-refractivity contribution is -0.152. The smallest absolute Gasteiger partial charge is 0.230 e. The predicted molar refractivity (Wildman–Crippen MR) is 58.1 cm³/mol. The fraction of sp³-hybridized carbons (Fsp3) is 0.909. The van der Waals surface area contributed by atoms with Crippen LogP contribution in [0.15, 0.2) is 0 Å². The minimum absolute atomic E-state index is 0.0895. The molecule has 82 valence electrons. The van der Waals surface area contributed by atoms with Crippen LogP contribution in [0.4, 0.5) is 0 Å². The van der Waals surface area contributed by atoms with E-state index in [4.69, 9.17) is 0 Å². The zero-order chi connectivity index (χ0) is 10.9. The molecule has 0 N–H and O–H groups in total. The van der Waals surface area contributed by atoms with Gasteiger partial charge in [0.05, 0.1) is 5.41 Å². The Kier molecular flexibility index (Phi) is 3.20. The Balaban J connectivity index is 2.61. The Morgan fingerprint density at radius 1 is 1.43 bits per heavy atom. The van der Waals surface area contributed by atoms with Crippen LogP contribution in [0.5, 0.6) is 0 Å². The summed E-state index contributed by atoms with van der Waals surface area (Å²) in [4.78, 5) is 16.0. The molecule has 3 nitrogen and oxygen atoms in total. The summed E-state index contributed by atoms with van der Waals surface area (Å²) in [5.74, 6) is 0.289. The van der Waals surface area contributed by atoms with Gasteiger partial charge in [0, 0.05) is 33.2 Å². The van der Waals surface area contributed by atoms with E-state index < -0.39 is 0 Å². The van der Waals surface area contributed by atoms with Crippen LogP contribution in [0.25, 0.3) is 0 Å². The van der Waals surface area contributed by atoms with Crippen molar-refractivity contribution in [1.29, 1.82) is 0 Å². The first kappa shape index (κ1) is 11.5. The number of carbonyl (C=O) groups is 1. The molecule has 0 radical (unpaired) electrons. The largest absolute Gasteiger partial charge is 0.348 e. The van der Waals surface area contributed by atoms with Crippen LogP contribution in [-0.2, 0) is 4.79 Å². The summed E-state index contributed by atoms with van der Waals surface area (Å²) in [5.41, 5.74) is -0.0895. The molecule has 1 heterocycles. The fourth-order valence-electron chi connectivity index (χ4n) is 2.08. The van der Waals surface area contributed by atoms with E-state index in [1.165, 1.54) is 0 Å². The van der Waals surface area contributed by atoms with Crippen molar-refractivity contribution in [2.45, 2.75) is 33.2 Å². The van der Waals surface area contributed by atoms with Gasteiger partial charge in [-0.1, -0.05) is 6.92 Å². The van der Waals surface area contributed by atoms with Crippen molar-refractivity contribution >= 4 is 5.91 Å². The van der Waals surface area contributed by atoms with Gasteiger partial charge >= 0.3 is 0 Å². The second-order valence-corrected chi connectivity index (χ2v) is 4.83. The van der Waals surface area contributed by atoms with Crippen molar-refractivity contribution in [3.8, 4) is 0 Å². The van der Waals surface area contributed by atoms with Gasteiger partial charge in [0.1, 0.15) is 0 Å². The average Bonchev–Trinajstić information content (AvgIpc) is 2.02. The van der Waals surface area contributed by atoms with Gasteiger partial charge in [-0.05, 0) is 20.3 Å². The lowest BCUT2D eigenvalue weighted by atomic mass is 9.75. The monoisotopic (exact) mass is 198 g/mol. The van der Waals surface area contributed by atoms with Crippen LogP contribution in [0.2, 0.25) is 0 Å². The summed E-state index contributed by atoms with van der Waals surface area (Å²) in [6.45, 7) is 8.33. The lowest BCUT2D eigenvalue weighted by Gasteiger charge is -2.51. The van der Waals surface area contributed by atoms with Crippen molar-refractivity contribution < 1.29 is 4.79 Å². The van der Waals surface area contributed by atoms with E-state index in [0.29, 0.717) is 6.04 Å². The highest BCUT2D eigenvalue weighted by Gasteiger charge is 2.48. The normalized spacial score (nSPS) is 20.7. The molecule has 0 saturated carbocycles. The lowest BCUT2D eigenvalue weighted by Crippen LogP contribution is -2.64. The van der Waals surface area contributed by atoms with E-state index in [1.54, 1.807) is 4.90 Å². The highest BCUT2D eigenvalue weighted by molar-refractivity contribution is 5.83. The molecule has 0 aromatic rings. The van der Waals surface area contributed by atoms with Crippen LogP contribution in [0.1, 0.15) is 27.2 Å². The third kappa shape index (κ3) is 1.78. The maximum absolute atomic E-state index is 11.9. The maximum atomic E-state index is 11.9. The van der Waals surface area contributed by atoms with Crippen molar-refractivity contribution in [3.63, 3.8) is 0 Å². The summed E-state index contributed by atoms with van der Waals surface area (Å²) in [6, 6.07) is 0.560. The predicted octanol–water partition coefficient (Wildman–Crippen LogP) is 1.19. The molecule has 0 aromatic carbocycles. The summed E-state index contributed by atoms with van der Waals surface area (Å²) >= 11 is 0. The first-order valence-corrected chi connectivity index (χ1v) is 5.39. The average molecular weight is 198 g/mol. The number of hydrogen-bond donors (Lipinski definition) is 0. The van der Waals surface area contributed by atoms with Crippen LogP contribution in [-0.4, -0.2) is 48.9 Å². The Hall–Kier alpha value is -0.570. The van der Waals surface area contributed by atoms with Gasteiger partial charge in [-0.15, -0.1) is 0 Å². The van der Waals surface area contributed by atoms with E-state index in [0.717, 1.165) is 19.5 Å². The fourth-order valence-corrected chi connectivity index (χ4v) is 2.08. The number of likely N-dealkylation sites (tertiary alicyclic amines) is 1.